The molecule has 24 heavy (non-hydrogen) atoms. The summed E-state index contributed by atoms with van der Waals surface area (Å²) in [6.45, 7) is 12.5. The van der Waals surface area contributed by atoms with Gasteiger partial charge in [0.2, 0.25) is 0 Å². The fraction of sp³-hybridized carbons (Fsp3) is 0.765. The van der Waals surface area contributed by atoms with E-state index in [4.69, 9.17) is 14.3 Å². The van der Waals surface area contributed by atoms with Crippen LogP contribution < -0.4 is 5.32 Å². The predicted molar refractivity (Wildman–Crippen MR) is 107 cm³/mol. The van der Waals surface area contributed by atoms with Crippen molar-refractivity contribution in [2.24, 2.45) is 10.9 Å². The highest BCUT2D eigenvalue weighted by molar-refractivity contribution is 14.0. The van der Waals surface area contributed by atoms with Gasteiger partial charge in [0.15, 0.2) is 5.96 Å². The normalized spacial score (nSPS) is 19.0. The Morgan fingerprint density at radius 1 is 1.46 bits per heavy atom. The molecule has 1 aromatic rings. The maximum absolute atomic E-state index is 5.47. The minimum Gasteiger partial charge on any atom is -0.381 e. The van der Waals surface area contributed by atoms with Crippen LogP contribution in [0.5, 0.6) is 0 Å². The summed E-state index contributed by atoms with van der Waals surface area (Å²) >= 11 is 0. The molecule has 6 nitrogen and oxygen atoms in total. The Morgan fingerprint density at radius 3 is 2.75 bits per heavy atom. The number of hydrogen-bond acceptors (Lipinski definition) is 4. The van der Waals surface area contributed by atoms with E-state index < -0.39 is 0 Å². The summed E-state index contributed by atoms with van der Waals surface area (Å²) in [5.41, 5.74) is 2.14. The molecule has 0 saturated carbocycles. The highest BCUT2D eigenvalue weighted by Crippen LogP contribution is 2.23. The van der Waals surface area contributed by atoms with E-state index in [1.165, 1.54) is 5.56 Å². The Hall–Kier alpha value is -0.830. The van der Waals surface area contributed by atoms with E-state index in [0.717, 1.165) is 56.7 Å². The molecule has 0 amide bonds. The van der Waals surface area contributed by atoms with E-state index in [9.17, 15) is 0 Å². The maximum Gasteiger partial charge on any atom is 0.193 e. The van der Waals surface area contributed by atoms with Gasteiger partial charge in [0.1, 0.15) is 5.76 Å². The fourth-order valence-corrected chi connectivity index (χ4v) is 3.18. The van der Waals surface area contributed by atoms with Gasteiger partial charge in [0, 0.05) is 50.7 Å². The van der Waals surface area contributed by atoms with Crippen LogP contribution in [0.4, 0.5) is 0 Å². The van der Waals surface area contributed by atoms with Crippen LogP contribution in [0.3, 0.4) is 0 Å². The number of nitrogens with zero attached hydrogens (tertiary/aromatic N) is 3. The summed E-state index contributed by atoms with van der Waals surface area (Å²) in [5, 5.41) is 7.42. The topological polar surface area (TPSA) is 62.9 Å². The number of aryl methyl sites for hydroxylation is 2. The molecule has 138 valence electrons. The van der Waals surface area contributed by atoms with Crippen molar-refractivity contribution in [1.82, 2.24) is 15.4 Å². The molecule has 1 saturated heterocycles. The molecule has 1 N–H and O–H groups in total. The highest BCUT2D eigenvalue weighted by Gasteiger charge is 2.20. The van der Waals surface area contributed by atoms with Crippen molar-refractivity contribution in [1.29, 1.82) is 0 Å². The first kappa shape index (κ1) is 21.2. The van der Waals surface area contributed by atoms with Gasteiger partial charge in [-0.3, -0.25) is 4.99 Å². The zero-order valence-electron chi connectivity index (χ0n) is 15.5. The molecular formula is C17H31IN4O2. The Balaban J connectivity index is 0.00000288. The molecule has 1 fully saturated rings. The predicted octanol–water partition coefficient (Wildman–Crippen LogP) is 2.95. The average Bonchev–Trinajstić information content (AvgIpc) is 3.13. The van der Waals surface area contributed by atoms with Crippen molar-refractivity contribution in [2.75, 3.05) is 39.9 Å². The Bertz CT molecular complexity index is 507. The number of aromatic nitrogens is 1. The minimum absolute atomic E-state index is 0. The summed E-state index contributed by atoms with van der Waals surface area (Å²) in [4.78, 5) is 7.03. The molecule has 1 aliphatic heterocycles. The van der Waals surface area contributed by atoms with Crippen LogP contribution >= 0.6 is 24.0 Å². The monoisotopic (exact) mass is 450 g/mol. The number of rotatable bonds is 6. The van der Waals surface area contributed by atoms with Gasteiger partial charge >= 0.3 is 0 Å². The minimum atomic E-state index is 0. The lowest BCUT2D eigenvalue weighted by Crippen LogP contribution is -2.41. The number of hydrogen-bond donors (Lipinski definition) is 1. The molecule has 2 rings (SSSR count). The van der Waals surface area contributed by atoms with Gasteiger partial charge in [-0.25, -0.2) is 0 Å². The molecule has 2 atom stereocenters. The van der Waals surface area contributed by atoms with Gasteiger partial charge in [-0.1, -0.05) is 12.1 Å². The Labute approximate surface area is 162 Å². The molecular weight excluding hydrogens is 419 g/mol. The second-order valence-electron chi connectivity index (χ2n) is 6.44. The first-order valence-corrected chi connectivity index (χ1v) is 8.52. The van der Waals surface area contributed by atoms with Crippen molar-refractivity contribution >= 4 is 29.9 Å². The first-order valence-electron chi connectivity index (χ1n) is 8.52. The molecule has 2 unspecified atom stereocenters. The van der Waals surface area contributed by atoms with Crippen LogP contribution in [0, 0.1) is 19.8 Å². The van der Waals surface area contributed by atoms with Gasteiger partial charge in [-0.2, -0.15) is 0 Å². The largest absolute Gasteiger partial charge is 0.381 e. The third kappa shape index (κ3) is 5.61. The fourth-order valence-electron chi connectivity index (χ4n) is 3.18. The molecule has 1 aliphatic rings. The molecule has 0 aliphatic carbocycles. The summed E-state index contributed by atoms with van der Waals surface area (Å²) < 4.78 is 10.7. The van der Waals surface area contributed by atoms with E-state index in [-0.39, 0.29) is 29.9 Å². The zero-order chi connectivity index (χ0) is 16.8. The Morgan fingerprint density at radius 2 is 2.21 bits per heavy atom. The van der Waals surface area contributed by atoms with Crippen molar-refractivity contribution in [3.05, 3.63) is 17.0 Å². The summed E-state index contributed by atoms with van der Waals surface area (Å²) in [7, 11) is 2.10. The Kier molecular flexibility index (Phi) is 9.04. The summed E-state index contributed by atoms with van der Waals surface area (Å²) in [6, 6.07) is 0. The first-order chi connectivity index (χ1) is 11.0. The van der Waals surface area contributed by atoms with Crippen LogP contribution in [0.1, 0.15) is 43.2 Å². The molecule has 0 spiro atoms. The van der Waals surface area contributed by atoms with Gasteiger partial charge in [0.05, 0.1) is 12.3 Å². The molecule has 1 aromatic heterocycles. The average molecular weight is 450 g/mol. The zero-order valence-corrected chi connectivity index (χ0v) is 17.8. The van der Waals surface area contributed by atoms with Gasteiger partial charge in [-0.15, -0.1) is 24.0 Å². The quantitative estimate of drug-likeness (QED) is 0.410. The van der Waals surface area contributed by atoms with Crippen LogP contribution in [-0.4, -0.2) is 55.9 Å². The number of aliphatic imine (C=N–C) groups is 1. The third-order valence-electron chi connectivity index (χ3n) is 4.35. The number of guanidine groups is 1. The highest BCUT2D eigenvalue weighted by atomic mass is 127. The number of nitrogens with one attached hydrogen (secondary N) is 1. The SMILES string of the molecule is CCNC(=NCC(C)c1c(C)noc1C)N(C)CC1CCOC1.I. The van der Waals surface area contributed by atoms with Crippen molar-refractivity contribution in [3.63, 3.8) is 0 Å². The van der Waals surface area contributed by atoms with E-state index in [0.29, 0.717) is 5.92 Å². The number of ether oxygens (including phenoxy) is 1. The van der Waals surface area contributed by atoms with Gasteiger partial charge in [0.25, 0.3) is 0 Å². The van der Waals surface area contributed by atoms with Gasteiger partial charge in [-0.05, 0) is 27.2 Å². The van der Waals surface area contributed by atoms with Crippen LogP contribution in [0.15, 0.2) is 9.52 Å². The van der Waals surface area contributed by atoms with E-state index in [2.05, 4.69) is 36.3 Å². The smallest absolute Gasteiger partial charge is 0.193 e. The van der Waals surface area contributed by atoms with Crippen molar-refractivity contribution < 1.29 is 9.26 Å². The molecule has 0 aromatic carbocycles. The second kappa shape index (κ2) is 10.2. The summed E-state index contributed by atoms with van der Waals surface area (Å²) in [5.74, 6) is 2.74. The third-order valence-corrected chi connectivity index (χ3v) is 4.35. The van der Waals surface area contributed by atoms with E-state index in [1.54, 1.807) is 0 Å². The lowest BCUT2D eigenvalue weighted by molar-refractivity contribution is 0.181. The summed E-state index contributed by atoms with van der Waals surface area (Å²) in [6.07, 6.45) is 1.14. The van der Waals surface area contributed by atoms with Gasteiger partial charge < -0.3 is 19.5 Å². The van der Waals surface area contributed by atoms with Crippen molar-refractivity contribution in [2.45, 2.75) is 40.0 Å². The number of halogens is 1. The van der Waals surface area contributed by atoms with E-state index >= 15 is 0 Å². The van der Waals surface area contributed by atoms with E-state index in [1.807, 2.05) is 13.8 Å². The van der Waals surface area contributed by atoms with Crippen LogP contribution in [0.25, 0.3) is 0 Å². The standard InChI is InChI=1S/C17H30N4O2.HI/c1-6-18-17(21(5)10-15-7-8-22-11-15)19-9-12(2)16-13(3)20-23-14(16)4;/h12,15H,6-11H2,1-5H3,(H,18,19);1H. The van der Waals surface area contributed by atoms with Crippen LogP contribution in [0.2, 0.25) is 0 Å². The molecule has 2 heterocycles. The molecule has 7 heteroatoms. The maximum atomic E-state index is 5.47. The lowest BCUT2D eigenvalue weighted by Gasteiger charge is -2.25. The lowest BCUT2D eigenvalue weighted by atomic mass is 10.00. The molecule has 0 radical (unpaired) electrons. The second-order valence-corrected chi connectivity index (χ2v) is 6.44. The van der Waals surface area contributed by atoms with Crippen LogP contribution in [-0.2, 0) is 4.74 Å². The van der Waals surface area contributed by atoms with Crippen molar-refractivity contribution in [3.8, 4) is 0 Å². The molecule has 0 bridgehead atoms.